The molecule has 1 amide bonds. The molecular weight excluding hydrogens is 172 g/mol. The van der Waals surface area contributed by atoms with Gasteiger partial charge in [0.25, 0.3) is 0 Å². The molecule has 0 aliphatic carbocycles. The molecule has 5 heteroatoms. The summed E-state index contributed by atoms with van der Waals surface area (Å²) < 4.78 is 5.08. The quantitative estimate of drug-likeness (QED) is 0.560. The first-order valence-corrected chi connectivity index (χ1v) is 4.36. The Kier molecular flexibility index (Phi) is 3.65. The molecule has 0 bridgehead atoms. The first-order chi connectivity index (χ1) is 6.16. The van der Waals surface area contributed by atoms with Gasteiger partial charge in [-0.15, -0.1) is 0 Å². The maximum absolute atomic E-state index is 11.6. The Morgan fingerprint density at radius 2 is 2.38 bits per heavy atom. The Hall–Kier alpha value is -0.650. The van der Waals surface area contributed by atoms with E-state index >= 15 is 0 Å². The summed E-state index contributed by atoms with van der Waals surface area (Å²) in [7, 11) is 1.66. The average molecular weight is 188 g/mol. The van der Waals surface area contributed by atoms with Crippen molar-refractivity contribution in [2.24, 2.45) is 11.7 Å². The van der Waals surface area contributed by atoms with Gasteiger partial charge in [-0.3, -0.25) is 4.79 Å². The van der Waals surface area contributed by atoms with Crippen LogP contribution in [0.15, 0.2) is 0 Å². The zero-order valence-electron chi connectivity index (χ0n) is 7.77. The van der Waals surface area contributed by atoms with E-state index in [2.05, 4.69) is 0 Å². The van der Waals surface area contributed by atoms with Gasteiger partial charge in [0.1, 0.15) is 0 Å². The third kappa shape index (κ3) is 2.40. The minimum absolute atomic E-state index is 0.0228. The number of rotatable bonds is 3. The van der Waals surface area contributed by atoms with E-state index < -0.39 is 0 Å². The van der Waals surface area contributed by atoms with Crippen molar-refractivity contribution in [2.75, 3.05) is 33.4 Å². The predicted molar refractivity (Wildman–Crippen MR) is 47.0 cm³/mol. The molecule has 1 heterocycles. The molecular formula is C8H16N2O3. The van der Waals surface area contributed by atoms with E-state index in [1.54, 1.807) is 7.05 Å². The van der Waals surface area contributed by atoms with E-state index in [4.69, 9.17) is 15.6 Å². The lowest BCUT2D eigenvalue weighted by atomic mass is 10.0. The van der Waals surface area contributed by atoms with Crippen LogP contribution in [0.4, 0.5) is 0 Å². The first kappa shape index (κ1) is 10.4. The lowest BCUT2D eigenvalue weighted by molar-refractivity contribution is -0.134. The van der Waals surface area contributed by atoms with E-state index in [0.29, 0.717) is 19.8 Å². The molecule has 0 spiro atoms. The van der Waals surface area contributed by atoms with E-state index in [1.807, 2.05) is 0 Å². The SMILES string of the molecule is CN(CCO)C(=O)C1COCC1N. The number of hydrogen-bond acceptors (Lipinski definition) is 4. The van der Waals surface area contributed by atoms with Crippen LogP contribution in [0.5, 0.6) is 0 Å². The minimum atomic E-state index is -0.239. The first-order valence-electron chi connectivity index (χ1n) is 4.36. The van der Waals surface area contributed by atoms with Gasteiger partial charge >= 0.3 is 0 Å². The predicted octanol–water partition coefficient (Wildman–Crippen LogP) is -1.59. The van der Waals surface area contributed by atoms with Crippen molar-refractivity contribution in [3.8, 4) is 0 Å². The summed E-state index contributed by atoms with van der Waals surface area (Å²) in [6.45, 7) is 1.17. The Labute approximate surface area is 77.5 Å². The molecule has 13 heavy (non-hydrogen) atoms. The van der Waals surface area contributed by atoms with E-state index in [0.717, 1.165) is 0 Å². The van der Waals surface area contributed by atoms with Crippen LogP contribution in [0.3, 0.4) is 0 Å². The maximum atomic E-state index is 11.6. The van der Waals surface area contributed by atoms with Crippen LogP contribution < -0.4 is 5.73 Å². The van der Waals surface area contributed by atoms with Crippen molar-refractivity contribution in [1.29, 1.82) is 0 Å². The van der Waals surface area contributed by atoms with Gasteiger partial charge in [0, 0.05) is 19.6 Å². The highest BCUT2D eigenvalue weighted by Gasteiger charge is 2.32. The molecule has 1 saturated heterocycles. The molecule has 2 atom stereocenters. The number of amides is 1. The maximum Gasteiger partial charge on any atom is 0.229 e. The fraction of sp³-hybridized carbons (Fsp3) is 0.875. The Bertz CT molecular complexity index is 186. The number of nitrogens with zero attached hydrogens (tertiary/aromatic N) is 1. The number of carbonyl (C=O) groups is 1. The number of aliphatic hydroxyl groups is 1. The van der Waals surface area contributed by atoms with Gasteiger partial charge in [0.05, 0.1) is 25.7 Å². The normalized spacial score (nSPS) is 27.6. The zero-order chi connectivity index (χ0) is 9.84. The Morgan fingerprint density at radius 1 is 1.69 bits per heavy atom. The summed E-state index contributed by atoms with van der Waals surface area (Å²) in [5.41, 5.74) is 5.68. The minimum Gasteiger partial charge on any atom is -0.395 e. The number of ether oxygens (including phenoxy) is 1. The molecule has 1 aliphatic heterocycles. The number of likely N-dealkylation sites (N-methyl/N-ethyl adjacent to an activating group) is 1. The topological polar surface area (TPSA) is 75.8 Å². The number of hydrogen-bond donors (Lipinski definition) is 2. The number of nitrogens with two attached hydrogens (primary N) is 1. The van der Waals surface area contributed by atoms with Crippen LogP contribution in [0, 0.1) is 5.92 Å². The average Bonchev–Trinajstić information content (AvgIpc) is 2.50. The fourth-order valence-corrected chi connectivity index (χ4v) is 1.37. The highest BCUT2D eigenvalue weighted by Crippen LogP contribution is 2.13. The second-order valence-electron chi connectivity index (χ2n) is 3.29. The molecule has 1 aliphatic rings. The summed E-state index contributed by atoms with van der Waals surface area (Å²) in [6.07, 6.45) is 0. The third-order valence-electron chi connectivity index (χ3n) is 2.25. The molecule has 0 aromatic rings. The van der Waals surface area contributed by atoms with Crippen LogP contribution >= 0.6 is 0 Å². The van der Waals surface area contributed by atoms with Gasteiger partial charge in [-0.05, 0) is 0 Å². The molecule has 2 unspecified atom stereocenters. The summed E-state index contributed by atoms with van der Waals surface area (Å²) in [6, 6.07) is -0.200. The second-order valence-corrected chi connectivity index (χ2v) is 3.29. The monoisotopic (exact) mass is 188 g/mol. The van der Waals surface area contributed by atoms with Crippen molar-refractivity contribution in [3.63, 3.8) is 0 Å². The second kappa shape index (κ2) is 4.55. The molecule has 1 fully saturated rings. The van der Waals surface area contributed by atoms with Gasteiger partial charge in [-0.25, -0.2) is 0 Å². The van der Waals surface area contributed by atoms with E-state index in [9.17, 15) is 4.79 Å². The molecule has 5 nitrogen and oxygen atoms in total. The number of carbonyl (C=O) groups excluding carboxylic acids is 1. The standard InChI is InChI=1S/C8H16N2O3/c1-10(2-3-11)8(12)6-4-13-5-7(6)9/h6-7,11H,2-5,9H2,1H3. The Morgan fingerprint density at radius 3 is 2.85 bits per heavy atom. The van der Waals surface area contributed by atoms with Crippen LogP contribution in [0.25, 0.3) is 0 Å². The lowest BCUT2D eigenvalue weighted by Crippen LogP contribution is -2.42. The molecule has 0 aromatic heterocycles. The number of aliphatic hydroxyl groups excluding tert-OH is 1. The Balaban J connectivity index is 2.46. The van der Waals surface area contributed by atoms with Gasteiger partial charge in [0.15, 0.2) is 0 Å². The van der Waals surface area contributed by atoms with Crippen LogP contribution in [-0.4, -0.2) is 55.4 Å². The van der Waals surface area contributed by atoms with Crippen molar-refractivity contribution in [2.45, 2.75) is 6.04 Å². The van der Waals surface area contributed by atoms with Gasteiger partial charge in [-0.2, -0.15) is 0 Å². The molecule has 0 aromatic carbocycles. The highest BCUT2D eigenvalue weighted by atomic mass is 16.5. The van der Waals surface area contributed by atoms with Gasteiger partial charge < -0.3 is 20.5 Å². The summed E-state index contributed by atoms with van der Waals surface area (Å²) >= 11 is 0. The summed E-state index contributed by atoms with van der Waals surface area (Å²) in [5.74, 6) is -0.282. The molecule has 0 saturated carbocycles. The molecule has 3 N–H and O–H groups in total. The fourth-order valence-electron chi connectivity index (χ4n) is 1.37. The van der Waals surface area contributed by atoms with Crippen molar-refractivity contribution < 1.29 is 14.6 Å². The molecule has 1 rings (SSSR count). The van der Waals surface area contributed by atoms with Crippen LogP contribution in [-0.2, 0) is 9.53 Å². The van der Waals surface area contributed by atoms with E-state index in [1.165, 1.54) is 4.90 Å². The summed E-state index contributed by atoms with van der Waals surface area (Å²) in [4.78, 5) is 13.1. The zero-order valence-corrected chi connectivity index (χ0v) is 7.77. The highest BCUT2D eigenvalue weighted by molar-refractivity contribution is 5.79. The van der Waals surface area contributed by atoms with Gasteiger partial charge in [-0.1, -0.05) is 0 Å². The van der Waals surface area contributed by atoms with Crippen molar-refractivity contribution in [1.82, 2.24) is 4.90 Å². The third-order valence-corrected chi connectivity index (χ3v) is 2.25. The largest absolute Gasteiger partial charge is 0.395 e. The van der Waals surface area contributed by atoms with Gasteiger partial charge in [0.2, 0.25) is 5.91 Å². The molecule has 0 radical (unpaired) electrons. The van der Waals surface area contributed by atoms with Crippen molar-refractivity contribution in [3.05, 3.63) is 0 Å². The smallest absolute Gasteiger partial charge is 0.229 e. The molecule has 76 valence electrons. The van der Waals surface area contributed by atoms with Crippen molar-refractivity contribution >= 4 is 5.91 Å². The summed E-state index contributed by atoms with van der Waals surface area (Å²) in [5, 5.41) is 8.64. The lowest BCUT2D eigenvalue weighted by Gasteiger charge is -2.21. The van der Waals surface area contributed by atoms with E-state index in [-0.39, 0.29) is 24.5 Å². The van der Waals surface area contributed by atoms with Crippen LogP contribution in [0.1, 0.15) is 0 Å². The van der Waals surface area contributed by atoms with Crippen LogP contribution in [0.2, 0.25) is 0 Å².